The van der Waals surface area contributed by atoms with E-state index in [1.54, 1.807) is 14.0 Å². The van der Waals surface area contributed by atoms with Gasteiger partial charge >= 0.3 is 0 Å². The molecule has 2 fully saturated rings. The normalized spacial score (nSPS) is 25.4. The van der Waals surface area contributed by atoms with E-state index in [0.717, 1.165) is 68.1 Å². The highest BCUT2D eigenvalue weighted by Gasteiger charge is 2.39. The van der Waals surface area contributed by atoms with Crippen molar-refractivity contribution in [3.8, 4) is 17.2 Å². The fourth-order valence-corrected chi connectivity index (χ4v) is 4.97. The molecule has 28 heavy (non-hydrogen) atoms. The minimum Gasteiger partial charge on any atom is -0.496 e. The van der Waals surface area contributed by atoms with Crippen molar-refractivity contribution in [1.29, 1.82) is 0 Å². The van der Waals surface area contributed by atoms with E-state index >= 15 is 0 Å². The highest BCUT2D eigenvalue weighted by molar-refractivity contribution is 5.73. The molecular formula is C22H32N2O4. The predicted molar refractivity (Wildman–Crippen MR) is 107 cm³/mol. The van der Waals surface area contributed by atoms with Crippen LogP contribution in [0.3, 0.4) is 0 Å². The van der Waals surface area contributed by atoms with Crippen molar-refractivity contribution in [3.05, 3.63) is 17.7 Å². The van der Waals surface area contributed by atoms with Crippen LogP contribution in [0.25, 0.3) is 0 Å². The van der Waals surface area contributed by atoms with Gasteiger partial charge in [0.15, 0.2) is 11.5 Å². The second-order valence-electron chi connectivity index (χ2n) is 8.12. The molecule has 6 nitrogen and oxygen atoms in total. The summed E-state index contributed by atoms with van der Waals surface area (Å²) in [7, 11) is 1.71. The summed E-state index contributed by atoms with van der Waals surface area (Å²) in [5.41, 5.74) is 1.13. The number of rotatable bonds is 3. The van der Waals surface area contributed by atoms with Crippen LogP contribution < -0.4 is 14.2 Å². The van der Waals surface area contributed by atoms with Gasteiger partial charge in [0.2, 0.25) is 5.91 Å². The summed E-state index contributed by atoms with van der Waals surface area (Å²) in [4.78, 5) is 16.9. The number of nitrogens with zero attached hydrogens (tertiary/aromatic N) is 2. The van der Waals surface area contributed by atoms with E-state index in [2.05, 4.69) is 15.9 Å². The average molecular weight is 389 g/mol. The Morgan fingerprint density at radius 3 is 2.57 bits per heavy atom. The molecule has 0 spiro atoms. The third-order valence-electron chi connectivity index (χ3n) is 6.35. The van der Waals surface area contributed by atoms with Crippen molar-refractivity contribution in [2.45, 2.75) is 64.1 Å². The van der Waals surface area contributed by atoms with E-state index in [1.807, 2.05) is 6.07 Å². The highest BCUT2D eigenvalue weighted by Crippen LogP contribution is 2.38. The van der Waals surface area contributed by atoms with Gasteiger partial charge in [-0.25, -0.2) is 0 Å². The van der Waals surface area contributed by atoms with Crippen molar-refractivity contribution in [2.24, 2.45) is 0 Å². The third-order valence-corrected chi connectivity index (χ3v) is 6.35. The molecule has 3 aliphatic heterocycles. The first-order chi connectivity index (χ1) is 13.7. The molecule has 154 valence electrons. The molecule has 0 radical (unpaired) electrons. The van der Waals surface area contributed by atoms with Crippen molar-refractivity contribution in [2.75, 3.05) is 33.4 Å². The Kier molecular flexibility index (Phi) is 5.95. The molecule has 0 aliphatic carbocycles. The number of ether oxygens (including phenoxy) is 3. The fourth-order valence-electron chi connectivity index (χ4n) is 4.97. The Labute approximate surface area is 167 Å². The molecule has 1 aromatic carbocycles. The number of hydrogen-bond acceptors (Lipinski definition) is 5. The Hall–Kier alpha value is -1.95. The van der Waals surface area contributed by atoms with Gasteiger partial charge in [-0.1, -0.05) is 12.8 Å². The number of carbonyl (C=O) groups is 1. The van der Waals surface area contributed by atoms with E-state index in [-0.39, 0.29) is 5.91 Å². The standard InChI is InChI=1S/C22H32N2O4/c1-16(25)24-9-5-3-4-7-18-19(24)8-10-23(18)15-17-13-21-22(14-20(17)26-2)28-12-6-11-27-21/h13-14,18-19H,3-12,15H2,1-2H3/t18-,19+/m1/s1. The van der Waals surface area contributed by atoms with E-state index in [4.69, 9.17) is 14.2 Å². The molecule has 0 unspecified atom stereocenters. The topological polar surface area (TPSA) is 51.2 Å². The molecule has 0 N–H and O–H groups in total. The minimum absolute atomic E-state index is 0.215. The molecule has 2 saturated heterocycles. The SMILES string of the molecule is COc1cc2c(cc1CN1CC[C@H]3[C@H]1CCCCCN3C(C)=O)OCCCO2. The third kappa shape index (κ3) is 3.93. The second kappa shape index (κ2) is 8.60. The maximum atomic E-state index is 12.2. The smallest absolute Gasteiger partial charge is 0.219 e. The van der Waals surface area contributed by atoms with Gasteiger partial charge in [0.25, 0.3) is 0 Å². The van der Waals surface area contributed by atoms with Gasteiger partial charge in [-0.2, -0.15) is 0 Å². The van der Waals surface area contributed by atoms with Crippen LogP contribution in [0.15, 0.2) is 12.1 Å². The Bertz CT molecular complexity index is 708. The zero-order chi connectivity index (χ0) is 19.5. The van der Waals surface area contributed by atoms with Crippen molar-refractivity contribution in [1.82, 2.24) is 9.80 Å². The number of hydrogen-bond donors (Lipinski definition) is 0. The van der Waals surface area contributed by atoms with Crippen molar-refractivity contribution in [3.63, 3.8) is 0 Å². The largest absolute Gasteiger partial charge is 0.496 e. The molecule has 1 amide bonds. The molecule has 3 aliphatic rings. The fraction of sp³-hybridized carbons (Fsp3) is 0.682. The lowest BCUT2D eigenvalue weighted by atomic mass is 9.97. The number of fused-ring (bicyclic) bond motifs is 2. The molecule has 2 atom stereocenters. The first kappa shape index (κ1) is 19.4. The second-order valence-corrected chi connectivity index (χ2v) is 8.12. The van der Waals surface area contributed by atoms with Gasteiger partial charge in [0, 0.05) is 56.7 Å². The molecule has 0 saturated carbocycles. The van der Waals surface area contributed by atoms with E-state index in [1.165, 1.54) is 12.8 Å². The van der Waals surface area contributed by atoms with Gasteiger partial charge in [-0.05, 0) is 25.3 Å². The lowest BCUT2D eigenvalue weighted by Crippen LogP contribution is -2.48. The quantitative estimate of drug-likeness (QED) is 0.796. The van der Waals surface area contributed by atoms with Crippen LogP contribution >= 0.6 is 0 Å². The van der Waals surface area contributed by atoms with E-state index in [9.17, 15) is 4.79 Å². The molecule has 0 aromatic heterocycles. The Morgan fingerprint density at radius 2 is 1.82 bits per heavy atom. The molecule has 6 heteroatoms. The van der Waals surface area contributed by atoms with Gasteiger partial charge in [-0.3, -0.25) is 9.69 Å². The first-order valence-corrected chi connectivity index (χ1v) is 10.6. The number of likely N-dealkylation sites (tertiary alicyclic amines) is 2. The molecular weight excluding hydrogens is 356 g/mol. The summed E-state index contributed by atoms with van der Waals surface area (Å²) in [5.74, 6) is 2.65. The minimum atomic E-state index is 0.215. The summed E-state index contributed by atoms with van der Waals surface area (Å²) < 4.78 is 17.4. The van der Waals surface area contributed by atoms with E-state index < -0.39 is 0 Å². The van der Waals surface area contributed by atoms with Gasteiger partial charge in [0.05, 0.1) is 20.3 Å². The zero-order valence-corrected chi connectivity index (χ0v) is 17.1. The molecule has 1 aromatic rings. The number of methoxy groups -OCH3 is 1. The average Bonchev–Trinajstić information content (AvgIpc) is 2.88. The van der Waals surface area contributed by atoms with Gasteiger partial charge in [0.1, 0.15) is 5.75 Å². The summed E-state index contributed by atoms with van der Waals surface area (Å²) in [5, 5.41) is 0. The van der Waals surface area contributed by atoms with Crippen LogP contribution in [0.2, 0.25) is 0 Å². The van der Waals surface area contributed by atoms with Crippen LogP contribution in [-0.2, 0) is 11.3 Å². The number of amides is 1. The Morgan fingerprint density at radius 1 is 1.04 bits per heavy atom. The molecule has 4 rings (SSSR count). The van der Waals surface area contributed by atoms with Gasteiger partial charge in [-0.15, -0.1) is 0 Å². The van der Waals surface area contributed by atoms with Crippen LogP contribution in [0.5, 0.6) is 17.2 Å². The van der Waals surface area contributed by atoms with Crippen molar-refractivity contribution < 1.29 is 19.0 Å². The van der Waals surface area contributed by atoms with E-state index in [0.29, 0.717) is 25.3 Å². The maximum Gasteiger partial charge on any atom is 0.219 e. The number of carbonyl (C=O) groups excluding carboxylic acids is 1. The number of benzene rings is 1. The summed E-state index contributed by atoms with van der Waals surface area (Å²) >= 11 is 0. The van der Waals surface area contributed by atoms with Gasteiger partial charge < -0.3 is 19.1 Å². The van der Waals surface area contributed by atoms with Crippen LogP contribution in [0, 0.1) is 0 Å². The zero-order valence-electron chi connectivity index (χ0n) is 17.1. The van der Waals surface area contributed by atoms with Crippen LogP contribution in [-0.4, -0.2) is 61.2 Å². The monoisotopic (exact) mass is 388 g/mol. The van der Waals surface area contributed by atoms with Crippen molar-refractivity contribution >= 4 is 5.91 Å². The summed E-state index contributed by atoms with van der Waals surface area (Å²) in [6.45, 7) is 5.79. The molecule has 0 bridgehead atoms. The highest BCUT2D eigenvalue weighted by atomic mass is 16.5. The maximum absolute atomic E-state index is 12.2. The lowest BCUT2D eigenvalue weighted by molar-refractivity contribution is -0.132. The summed E-state index contributed by atoms with van der Waals surface area (Å²) in [6.07, 6.45) is 6.66. The predicted octanol–water partition coefficient (Wildman–Crippen LogP) is 3.22. The molecule has 3 heterocycles. The van der Waals surface area contributed by atoms with Crippen LogP contribution in [0.4, 0.5) is 0 Å². The van der Waals surface area contributed by atoms with Crippen LogP contribution in [0.1, 0.15) is 51.0 Å². The Balaban J connectivity index is 1.56. The first-order valence-electron chi connectivity index (χ1n) is 10.6. The lowest BCUT2D eigenvalue weighted by Gasteiger charge is -2.37. The summed E-state index contributed by atoms with van der Waals surface area (Å²) in [6, 6.07) is 4.80.